The fourth-order valence-electron chi connectivity index (χ4n) is 3.18. The van der Waals surface area contributed by atoms with Gasteiger partial charge in [-0.3, -0.25) is 24.0 Å². The second-order valence-electron chi connectivity index (χ2n) is 6.72. The molecule has 2 heterocycles. The summed E-state index contributed by atoms with van der Waals surface area (Å²) >= 11 is 0. The molecule has 0 radical (unpaired) electrons. The molecule has 0 aliphatic carbocycles. The predicted octanol–water partition coefficient (Wildman–Crippen LogP) is 1.34. The number of hydrogen-bond donors (Lipinski definition) is 1. The van der Waals surface area contributed by atoms with Crippen molar-refractivity contribution in [3.8, 4) is 11.8 Å². The molecular weight excluding hydrogens is 372 g/mol. The maximum atomic E-state index is 12.8. The Balaban J connectivity index is 1.95. The quantitative estimate of drug-likeness (QED) is 0.485. The molecule has 1 saturated heterocycles. The summed E-state index contributed by atoms with van der Waals surface area (Å²) in [7, 11) is 1.56. The van der Waals surface area contributed by atoms with Gasteiger partial charge in [-0.2, -0.15) is 0 Å². The number of imidazole rings is 1. The number of benzene rings is 1. The normalized spacial score (nSPS) is 17.4. The van der Waals surface area contributed by atoms with Gasteiger partial charge in [0.2, 0.25) is 11.8 Å². The third-order valence-corrected chi connectivity index (χ3v) is 4.38. The number of hydrogen-bond acceptors (Lipinski definition) is 4. The highest BCUT2D eigenvalue weighted by molar-refractivity contribution is 6.00. The average Bonchev–Trinajstić information content (AvgIpc) is 2.86. The Morgan fingerprint density at radius 2 is 2.07 bits per heavy atom. The molecule has 0 spiro atoms. The number of halogens is 2. The van der Waals surface area contributed by atoms with Crippen LogP contribution in [-0.4, -0.2) is 40.1 Å². The molecule has 2 amide bonds. The van der Waals surface area contributed by atoms with Gasteiger partial charge in [-0.25, -0.2) is 13.6 Å². The number of carbonyl (C=O) groups is 2. The summed E-state index contributed by atoms with van der Waals surface area (Å²) in [5.74, 6) is 1.69. The minimum absolute atomic E-state index is 0.151. The van der Waals surface area contributed by atoms with Crippen LogP contribution in [-0.2, 0) is 21.4 Å². The Hall–Kier alpha value is -2.99. The molecule has 148 valence electrons. The molecule has 1 aliphatic rings. The fraction of sp³-hybridized carbons (Fsp3) is 0.421. The molecule has 0 saturated carbocycles. The van der Waals surface area contributed by atoms with Crippen molar-refractivity contribution in [2.75, 3.05) is 13.2 Å². The second-order valence-corrected chi connectivity index (χ2v) is 6.72. The molecule has 1 N–H and O–H groups in total. The van der Waals surface area contributed by atoms with Gasteiger partial charge in [-0.15, -0.1) is 0 Å². The maximum Gasteiger partial charge on any atom is 0.329 e. The van der Waals surface area contributed by atoms with Crippen molar-refractivity contribution in [1.29, 1.82) is 0 Å². The van der Waals surface area contributed by atoms with Crippen LogP contribution >= 0.6 is 0 Å². The minimum Gasteiger partial charge on any atom is -0.363 e. The van der Waals surface area contributed by atoms with Gasteiger partial charge in [0.25, 0.3) is 5.92 Å². The number of fused-ring (bicyclic) bond motifs is 1. The summed E-state index contributed by atoms with van der Waals surface area (Å²) in [5, 5.41) is 2.25. The standard InChI is InChI=1S/C19H19F2N3O4/c1-19(20,21)11-28-10-4-6-12-5-3-7-13-16(12)23(2)18(27)24(13)14-8-9-15(25)22-17(14)26/h3,5,7,14H,8-11H2,1-2H3,(H,22,25,26). The van der Waals surface area contributed by atoms with Crippen LogP contribution in [0.5, 0.6) is 0 Å². The van der Waals surface area contributed by atoms with Crippen LogP contribution in [0.15, 0.2) is 23.0 Å². The molecule has 1 fully saturated rings. The summed E-state index contributed by atoms with van der Waals surface area (Å²) in [4.78, 5) is 36.4. The van der Waals surface area contributed by atoms with E-state index >= 15 is 0 Å². The first-order valence-electron chi connectivity index (χ1n) is 8.67. The number of imide groups is 1. The lowest BCUT2D eigenvalue weighted by Crippen LogP contribution is -2.44. The summed E-state index contributed by atoms with van der Waals surface area (Å²) in [6.45, 7) is -0.146. The fourth-order valence-corrected chi connectivity index (χ4v) is 3.18. The van der Waals surface area contributed by atoms with Gasteiger partial charge < -0.3 is 4.74 Å². The van der Waals surface area contributed by atoms with Crippen LogP contribution in [0.1, 0.15) is 31.4 Å². The number of carbonyl (C=O) groups excluding carboxylic acids is 2. The summed E-state index contributed by atoms with van der Waals surface area (Å²) in [6.07, 6.45) is 0.386. The van der Waals surface area contributed by atoms with Gasteiger partial charge in [-0.05, 0) is 18.6 Å². The van der Waals surface area contributed by atoms with E-state index in [1.54, 1.807) is 25.2 Å². The Morgan fingerprint density at radius 1 is 1.32 bits per heavy atom. The molecule has 9 heteroatoms. The van der Waals surface area contributed by atoms with E-state index < -0.39 is 30.2 Å². The lowest BCUT2D eigenvalue weighted by Gasteiger charge is -2.21. The largest absolute Gasteiger partial charge is 0.363 e. The van der Waals surface area contributed by atoms with Gasteiger partial charge >= 0.3 is 5.69 Å². The second kappa shape index (κ2) is 7.56. The number of piperidine rings is 1. The van der Waals surface area contributed by atoms with Crippen LogP contribution in [0.25, 0.3) is 11.0 Å². The highest BCUT2D eigenvalue weighted by Gasteiger charge is 2.31. The molecule has 2 aromatic rings. The van der Waals surface area contributed by atoms with Gasteiger partial charge in [0.1, 0.15) is 19.3 Å². The molecule has 0 bridgehead atoms. The maximum absolute atomic E-state index is 12.8. The van der Waals surface area contributed by atoms with Crippen molar-refractivity contribution in [3.05, 3.63) is 34.2 Å². The molecule has 1 aromatic heterocycles. The van der Waals surface area contributed by atoms with Gasteiger partial charge in [0, 0.05) is 20.4 Å². The number of alkyl halides is 2. The number of ether oxygens (including phenoxy) is 1. The lowest BCUT2D eigenvalue weighted by atomic mass is 10.1. The van der Waals surface area contributed by atoms with Gasteiger partial charge in [0.15, 0.2) is 0 Å². The van der Waals surface area contributed by atoms with E-state index in [4.69, 9.17) is 4.74 Å². The van der Waals surface area contributed by atoms with E-state index in [9.17, 15) is 23.2 Å². The Kier molecular flexibility index (Phi) is 5.34. The van der Waals surface area contributed by atoms with Crippen molar-refractivity contribution in [3.63, 3.8) is 0 Å². The highest BCUT2D eigenvalue weighted by atomic mass is 19.3. The number of rotatable bonds is 4. The zero-order valence-electron chi connectivity index (χ0n) is 15.4. The number of nitrogens with one attached hydrogen (secondary N) is 1. The van der Waals surface area contributed by atoms with E-state index in [0.717, 1.165) is 6.92 Å². The Labute approximate surface area is 159 Å². The van der Waals surface area contributed by atoms with Crippen molar-refractivity contribution >= 4 is 22.8 Å². The lowest BCUT2D eigenvalue weighted by molar-refractivity contribution is -0.135. The average molecular weight is 391 g/mol. The van der Waals surface area contributed by atoms with Crippen LogP contribution in [0, 0.1) is 11.8 Å². The number of para-hydroxylation sites is 1. The first-order valence-corrected chi connectivity index (χ1v) is 8.67. The summed E-state index contributed by atoms with van der Waals surface area (Å²) in [6, 6.07) is 4.29. The van der Waals surface area contributed by atoms with E-state index in [2.05, 4.69) is 17.2 Å². The predicted molar refractivity (Wildman–Crippen MR) is 96.9 cm³/mol. The number of nitrogens with zero attached hydrogens (tertiary/aromatic N) is 2. The smallest absolute Gasteiger partial charge is 0.329 e. The van der Waals surface area contributed by atoms with E-state index in [-0.39, 0.29) is 25.4 Å². The number of amides is 2. The van der Waals surface area contributed by atoms with E-state index in [1.807, 2.05) is 0 Å². The first-order chi connectivity index (χ1) is 13.2. The molecule has 1 aliphatic heterocycles. The SMILES string of the molecule is Cn1c(=O)n(C2CCC(=O)NC2=O)c2cccc(C#CCOCC(C)(F)F)c21. The molecule has 28 heavy (non-hydrogen) atoms. The number of aryl methyl sites for hydroxylation is 1. The molecule has 3 rings (SSSR count). The molecular formula is C19H19F2N3O4. The molecule has 1 aromatic carbocycles. The minimum atomic E-state index is -2.93. The number of aromatic nitrogens is 2. The highest BCUT2D eigenvalue weighted by Crippen LogP contribution is 2.24. The van der Waals surface area contributed by atoms with Crippen molar-refractivity contribution in [2.24, 2.45) is 7.05 Å². The van der Waals surface area contributed by atoms with Crippen molar-refractivity contribution < 1.29 is 23.1 Å². The van der Waals surface area contributed by atoms with Crippen molar-refractivity contribution in [1.82, 2.24) is 14.5 Å². The van der Waals surface area contributed by atoms with Crippen LogP contribution in [0.4, 0.5) is 8.78 Å². The van der Waals surface area contributed by atoms with Crippen LogP contribution < -0.4 is 11.0 Å². The topological polar surface area (TPSA) is 82.3 Å². The third-order valence-electron chi connectivity index (χ3n) is 4.38. The third kappa shape index (κ3) is 3.97. The van der Waals surface area contributed by atoms with E-state index in [0.29, 0.717) is 16.6 Å². The first kappa shape index (κ1) is 19.8. The zero-order chi connectivity index (χ0) is 20.5. The van der Waals surface area contributed by atoms with Gasteiger partial charge in [-0.1, -0.05) is 17.9 Å². The zero-order valence-corrected chi connectivity index (χ0v) is 15.4. The molecule has 7 nitrogen and oxygen atoms in total. The van der Waals surface area contributed by atoms with Crippen LogP contribution in [0.3, 0.4) is 0 Å². The monoisotopic (exact) mass is 391 g/mol. The van der Waals surface area contributed by atoms with Gasteiger partial charge in [0.05, 0.1) is 16.6 Å². The van der Waals surface area contributed by atoms with E-state index in [1.165, 1.54) is 9.13 Å². The Bertz CT molecular complexity index is 1050. The molecule has 1 unspecified atom stereocenters. The Morgan fingerprint density at radius 3 is 2.75 bits per heavy atom. The van der Waals surface area contributed by atoms with Crippen LogP contribution in [0.2, 0.25) is 0 Å². The van der Waals surface area contributed by atoms with Crippen molar-refractivity contribution in [2.45, 2.75) is 31.7 Å². The summed E-state index contributed by atoms with van der Waals surface area (Å²) < 4.78 is 33.1. The summed E-state index contributed by atoms with van der Waals surface area (Å²) in [5.41, 5.74) is 1.14. The molecule has 1 atom stereocenters.